The Labute approximate surface area is 126 Å². The summed E-state index contributed by atoms with van der Waals surface area (Å²) in [5.74, 6) is -0.328. The minimum absolute atomic E-state index is 0.0599. The van der Waals surface area contributed by atoms with Gasteiger partial charge in [0, 0.05) is 5.92 Å². The number of aliphatic hydroxyl groups is 1. The van der Waals surface area contributed by atoms with Crippen LogP contribution in [0.1, 0.15) is 18.6 Å². The molecule has 2 atom stereocenters. The Hall–Kier alpha value is -0.680. The van der Waals surface area contributed by atoms with Gasteiger partial charge in [-0.2, -0.15) is 0 Å². The summed E-state index contributed by atoms with van der Waals surface area (Å²) < 4.78 is 6.92. The highest BCUT2D eigenvalue weighted by molar-refractivity contribution is 6.66. The van der Waals surface area contributed by atoms with E-state index in [1.807, 2.05) is 18.2 Å². The van der Waals surface area contributed by atoms with E-state index in [9.17, 15) is 9.90 Å². The van der Waals surface area contributed by atoms with Crippen molar-refractivity contribution in [3.63, 3.8) is 0 Å². The molecule has 0 aliphatic rings. The average molecular weight is 328 g/mol. The maximum Gasteiger partial charge on any atom is 0.511 e. The van der Waals surface area contributed by atoms with Crippen molar-refractivity contribution in [2.75, 3.05) is 6.61 Å². The highest BCUT2D eigenvalue weighted by Gasteiger charge is 2.27. The van der Waals surface area contributed by atoms with Crippen LogP contribution in [0.2, 0.25) is 0 Å². The van der Waals surface area contributed by atoms with Crippen LogP contribution in [0.25, 0.3) is 0 Å². The van der Waals surface area contributed by atoms with Gasteiger partial charge in [-0.1, -0.05) is 37.3 Å². The van der Waals surface area contributed by atoms with E-state index in [4.69, 9.17) is 39.5 Å². The van der Waals surface area contributed by atoms with Crippen molar-refractivity contribution in [1.82, 2.24) is 0 Å². The number of hydrogen-bond donors (Lipinski definition) is 1. The molecule has 0 spiro atoms. The minimum Gasteiger partial charge on any atom is -0.434 e. The van der Waals surface area contributed by atoms with Gasteiger partial charge in [-0.3, -0.25) is 0 Å². The molecule has 0 fully saturated rings. The van der Waals surface area contributed by atoms with Gasteiger partial charge < -0.3 is 14.6 Å². The van der Waals surface area contributed by atoms with Crippen LogP contribution in [0.4, 0.5) is 4.79 Å². The summed E-state index contributed by atoms with van der Waals surface area (Å²) in [6, 6.07) is 9.02. The van der Waals surface area contributed by atoms with Gasteiger partial charge in [0.15, 0.2) is 0 Å². The van der Waals surface area contributed by atoms with Gasteiger partial charge in [-0.25, -0.2) is 4.79 Å². The molecule has 4 nitrogen and oxygen atoms in total. The van der Waals surface area contributed by atoms with Crippen LogP contribution in [0, 0.1) is 5.92 Å². The van der Waals surface area contributed by atoms with Crippen LogP contribution in [0.3, 0.4) is 0 Å². The van der Waals surface area contributed by atoms with Crippen LogP contribution in [-0.4, -0.2) is 21.8 Å². The highest BCUT2D eigenvalue weighted by Crippen LogP contribution is 2.28. The molecule has 0 amide bonds. The Morgan fingerprint density at radius 1 is 1.32 bits per heavy atom. The van der Waals surface area contributed by atoms with Crippen molar-refractivity contribution in [1.29, 1.82) is 0 Å². The lowest BCUT2D eigenvalue weighted by atomic mass is 9.98. The van der Waals surface area contributed by atoms with Gasteiger partial charge in [0.1, 0.15) is 6.61 Å². The maximum absolute atomic E-state index is 11.1. The van der Waals surface area contributed by atoms with E-state index in [1.165, 1.54) is 0 Å². The molecule has 0 aliphatic carbocycles. The molecule has 0 saturated carbocycles. The zero-order chi connectivity index (χ0) is 14.5. The Kier molecular flexibility index (Phi) is 6.20. The summed E-state index contributed by atoms with van der Waals surface area (Å²) in [6.07, 6.45) is -1.87. The second kappa shape index (κ2) is 7.20. The first-order valence-electron chi connectivity index (χ1n) is 5.45. The Balaban J connectivity index is 2.43. The molecule has 1 aromatic rings. The molecular formula is C12H13Cl3O4. The lowest BCUT2D eigenvalue weighted by Crippen LogP contribution is -2.22. The quantitative estimate of drug-likeness (QED) is 0.674. The van der Waals surface area contributed by atoms with E-state index >= 15 is 0 Å². The summed E-state index contributed by atoms with van der Waals surface area (Å²) in [7, 11) is 0. The molecule has 1 aromatic carbocycles. The summed E-state index contributed by atoms with van der Waals surface area (Å²) >= 11 is 15.8. The van der Waals surface area contributed by atoms with E-state index in [2.05, 4.69) is 4.74 Å². The Morgan fingerprint density at radius 2 is 1.89 bits per heavy atom. The van der Waals surface area contributed by atoms with Crippen molar-refractivity contribution in [3.05, 3.63) is 35.9 Å². The SMILES string of the molecule is C[C@@H](COC(=O)OC(Cl)(Cl)Cl)[C@@H](O)c1ccccc1. The number of rotatable bonds is 4. The molecule has 1 rings (SSSR count). The molecule has 106 valence electrons. The number of hydrogen-bond acceptors (Lipinski definition) is 4. The predicted molar refractivity (Wildman–Crippen MR) is 73.3 cm³/mol. The van der Waals surface area contributed by atoms with Gasteiger partial charge in [0.05, 0.1) is 6.10 Å². The Morgan fingerprint density at radius 3 is 2.42 bits per heavy atom. The van der Waals surface area contributed by atoms with Crippen molar-refractivity contribution in [2.24, 2.45) is 5.92 Å². The lowest BCUT2D eigenvalue weighted by molar-refractivity contribution is 0.0186. The largest absolute Gasteiger partial charge is 0.511 e. The van der Waals surface area contributed by atoms with Crippen molar-refractivity contribution in [2.45, 2.75) is 17.0 Å². The lowest BCUT2D eigenvalue weighted by Gasteiger charge is -2.19. The third kappa shape index (κ3) is 6.34. The number of carbonyl (C=O) groups is 1. The maximum atomic E-state index is 11.1. The summed E-state index contributed by atoms with van der Waals surface area (Å²) in [5, 5.41) is 10.0. The zero-order valence-electron chi connectivity index (χ0n) is 10.1. The van der Waals surface area contributed by atoms with Gasteiger partial charge >= 0.3 is 10.1 Å². The smallest absolute Gasteiger partial charge is 0.434 e. The van der Waals surface area contributed by atoms with Crippen LogP contribution < -0.4 is 0 Å². The molecular weight excluding hydrogens is 314 g/mol. The normalized spacial score (nSPS) is 14.6. The fourth-order valence-corrected chi connectivity index (χ4v) is 1.58. The molecule has 0 heterocycles. The molecule has 0 aliphatic heterocycles. The van der Waals surface area contributed by atoms with E-state index < -0.39 is 16.2 Å². The van der Waals surface area contributed by atoms with Crippen molar-refractivity contribution < 1.29 is 19.4 Å². The second-order valence-electron chi connectivity index (χ2n) is 3.94. The molecule has 0 unspecified atom stereocenters. The van der Waals surface area contributed by atoms with Crippen LogP contribution in [-0.2, 0) is 9.47 Å². The van der Waals surface area contributed by atoms with Crippen molar-refractivity contribution >= 4 is 41.0 Å². The first kappa shape index (κ1) is 16.4. The molecule has 0 saturated heterocycles. The van der Waals surface area contributed by atoms with Gasteiger partial charge in [-0.15, -0.1) is 0 Å². The average Bonchev–Trinajstić information content (AvgIpc) is 2.34. The third-order valence-electron chi connectivity index (χ3n) is 2.34. The number of ether oxygens (including phenoxy) is 2. The van der Waals surface area contributed by atoms with E-state index in [0.717, 1.165) is 5.56 Å². The fourth-order valence-electron chi connectivity index (χ4n) is 1.39. The third-order valence-corrected chi connectivity index (χ3v) is 2.57. The monoisotopic (exact) mass is 326 g/mol. The first-order valence-corrected chi connectivity index (χ1v) is 6.58. The molecule has 19 heavy (non-hydrogen) atoms. The highest BCUT2D eigenvalue weighted by atomic mass is 35.6. The van der Waals surface area contributed by atoms with Crippen LogP contribution in [0.5, 0.6) is 0 Å². The zero-order valence-corrected chi connectivity index (χ0v) is 12.3. The molecule has 0 bridgehead atoms. The fraction of sp³-hybridized carbons (Fsp3) is 0.417. The number of halogens is 3. The van der Waals surface area contributed by atoms with E-state index in [0.29, 0.717) is 0 Å². The van der Waals surface area contributed by atoms with Gasteiger partial charge in [0.2, 0.25) is 0 Å². The topological polar surface area (TPSA) is 55.8 Å². The Bertz CT molecular complexity index is 405. The van der Waals surface area contributed by atoms with Crippen LogP contribution in [0.15, 0.2) is 30.3 Å². The van der Waals surface area contributed by atoms with Gasteiger partial charge in [0.25, 0.3) is 0 Å². The molecule has 7 heteroatoms. The standard InChI is InChI=1S/C12H13Cl3O4/c1-8(7-18-11(17)19-12(13,14)15)10(16)9-5-3-2-4-6-9/h2-6,8,10,16H,7H2,1H3/t8-,10+/m0/s1. The molecule has 0 aromatic heterocycles. The number of benzene rings is 1. The summed E-state index contributed by atoms with van der Waals surface area (Å²) in [5.41, 5.74) is 0.730. The van der Waals surface area contributed by atoms with E-state index in [-0.39, 0.29) is 12.5 Å². The predicted octanol–water partition coefficient (Wildman–Crippen LogP) is 3.84. The number of aliphatic hydroxyl groups excluding tert-OH is 1. The summed E-state index contributed by atoms with van der Waals surface area (Å²) in [6.45, 7) is 1.66. The number of carbonyl (C=O) groups excluding carboxylic acids is 1. The minimum atomic E-state index is -2.15. The first-order chi connectivity index (χ1) is 8.79. The molecule has 1 N–H and O–H groups in total. The summed E-state index contributed by atoms with van der Waals surface area (Å²) in [4.78, 5) is 11.1. The van der Waals surface area contributed by atoms with Crippen LogP contribution >= 0.6 is 34.8 Å². The molecule has 0 radical (unpaired) electrons. The van der Waals surface area contributed by atoms with Crippen molar-refractivity contribution in [3.8, 4) is 0 Å². The second-order valence-corrected chi connectivity index (χ2v) is 6.12. The van der Waals surface area contributed by atoms with E-state index in [1.54, 1.807) is 19.1 Å². The van der Waals surface area contributed by atoms with Gasteiger partial charge in [-0.05, 0) is 40.4 Å². The number of alkyl halides is 3.